The molecule has 0 aliphatic heterocycles. The molecule has 0 heterocycles. The van der Waals surface area contributed by atoms with Crippen LogP contribution in [0.4, 0.5) is 0 Å². The Hall–Kier alpha value is -0.0900. The highest BCUT2D eigenvalue weighted by atomic mass is 32.2. The quantitative estimate of drug-likeness (QED) is 0.727. The maximum atomic E-state index is 11.3. The van der Waals surface area contributed by atoms with E-state index in [0.29, 0.717) is 11.8 Å². The molecule has 4 heteroatoms. The monoisotopic (exact) mass is 275 g/mol. The standard InChI is InChI=1S/C14H29NO2S/c1-3-15-14(10-11-18(2,16)17)12-13-8-6-4-5-7-9-13/h13-15H,3-12H2,1-2H3. The first kappa shape index (κ1) is 16.0. The summed E-state index contributed by atoms with van der Waals surface area (Å²) in [6, 6.07) is 0.382. The van der Waals surface area contributed by atoms with Gasteiger partial charge < -0.3 is 5.32 Å². The molecule has 1 atom stereocenters. The summed E-state index contributed by atoms with van der Waals surface area (Å²) in [5, 5.41) is 3.46. The first-order valence-corrected chi connectivity index (χ1v) is 9.48. The average Bonchev–Trinajstić information content (AvgIpc) is 2.54. The first-order chi connectivity index (χ1) is 8.51. The van der Waals surface area contributed by atoms with Crippen molar-refractivity contribution >= 4 is 9.84 Å². The van der Waals surface area contributed by atoms with Gasteiger partial charge in [-0.25, -0.2) is 8.42 Å². The van der Waals surface area contributed by atoms with Crippen molar-refractivity contribution in [2.24, 2.45) is 5.92 Å². The van der Waals surface area contributed by atoms with Crippen LogP contribution in [0.3, 0.4) is 0 Å². The molecule has 0 bridgehead atoms. The van der Waals surface area contributed by atoms with Gasteiger partial charge in [-0.15, -0.1) is 0 Å². The summed E-state index contributed by atoms with van der Waals surface area (Å²) in [5.74, 6) is 1.12. The number of sulfone groups is 1. The van der Waals surface area contributed by atoms with Crippen molar-refractivity contribution in [3.63, 3.8) is 0 Å². The fraction of sp³-hybridized carbons (Fsp3) is 1.00. The molecule has 3 nitrogen and oxygen atoms in total. The van der Waals surface area contributed by atoms with Crippen LogP contribution in [0.2, 0.25) is 0 Å². The van der Waals surface area contributed by atoms with E-state index in [0.717, 1.165) is 25.3 Å². The molecular formula is C14H29NO2S. The Morgan fingerprint density at radius 1 is 1.17 bits per heavy atom. The van der Waals surface area contributed by atoms with Crippen LogP contribution in [0.15, 0.2) is 0 Å². The minimum Gasteiger partial charge on any atom is -0.314 e. The Kier molecular flexibility index (Phi) is 7.23. The molecule has 1 rings (SSSR count). The van der Waals surface area contributed by atoms with Crippen LogP contribution in [0.25, 0.3) is 0 Å². The van der Waals surface area contributed by atoms with E-state index in [2.05, 4.69) is 12.2 Å². The van der Waals surface area contributed by atoms with E-state index in [9.17, 15) is 8.42 Å². The van der Waals surface area contributed by atoms with Crippen molar-refractivity contribution in [2.45, 2.75) is 64.3 Å². The van der Waals surface area contributed by atoms with E-state index in [1.807, 2.05) is 0 Å². The van der Waals surface area contributed by atoms with E-state index >= 15 is 0 Å². The maximum Gasteiger partial charge on any atom is 0.147 e. The Labute approximate surface area is 113 Å². The zero-order chi connectivity index (χ0) is 13.4. The highest BCUT2D eigenvalue weighted by molar-refractivity contribution is 7.90. The van der Waals surface area contributed by atoms with Crippen LogP contribution >= 0.6 is 0 Å². The third kappa shape index (κ3) is 7.37. The molecule has 0 saturated heterocycles. The summed E-state index contributed by atoms with van der Waals surface area (Å²) in [6.45, 7) is 3.03. The van der Waals surface area contributed by atoms with Crippen LogP contribution in [0.5, 0.6) is 0 Å². The van der Waals surface area contributed by atoms with Gasteiger partial charge in [-0.05, 0) is 25.3 Å². The Morgan fingerprint density at radius 3 is 2.28 bits per heavy atom. The predicted octanol–water partition coefficient (Wildman–Crippen LogP) is 2.76. The molecule has 1 N–H and O–H groups in total. The molecule has 18 heavy (non-hydrogen) atoms. The van der Waals surface area contributed by atoms with E-state index < -0.39 is 9.84 Å². The molecule has 0 amide bonds. The predicted molar refractivity (Wildman–Crippen MR) is 77.6 cm³/mol. The molecule has 1 unspecified atom stereocenters. The molecule has 1 aliphatic rings. The van der Waals surface area contributed by atoms with Gasteiger partial charge in [0.05, 0.1) is 5.75 Å². The van der Waals surface area contributed by atoms with Gasteiger partial charge in [0.2, 0.25) is 0 Å². The smallest absolute Gasteiger partial charge is 0.147 e. The topological polar surface area (TPSA) is 46.2 Å². The van der Waals surface area contributed by atoms with Crippen LogP contribution in [0, 0.1) is 5.92 Å². The molecule has 108 valence electrons. The van der Waals surface area contributed by atoms with Gasteiger partial charge in [-0.2, -0.15) is 0 Å². The molecule has 0 spiro atoms. The number of rotatable bonds is 7. The van der Waals surface area contributed by atoms with E-state index in [-0.39, 0.29) is 0 Å². The number of nitrogens with one attached hydrogen (secondary N) is 1. The van der Waals surface area contributed by atoms with Crippen LogP contribution in [0.1, 0.15) is 58.3 Å². The molecule has 1 aliphatic carbocycles. The van der Waals surface area contributed by atoms with Crippen LogP contribution < -0.4 is 5.32 Å². The third-order valence-electron chi connectivity index (χ3n) is 3.92. The van der Waals surface area contributed by atoms with Crippen molar-refractivity contribution in [3.8, 4) is 0 Å². The Balaban J connectivity index is 2.40. The second-order valence-electron chi connectivity index (χ2n) is 5.77. The highest BCUT2D eigenvalue weighted by Gasteiger charge is 2.18. The zero-order valence-corrected chi connectivity index (χ0v) is 12.8. The summed E-state index contributed by atoms with van der Waals surface area (Å²) in [7, 11) is -2.83. The van der Waals surface area contributed by atoms with Crippen LogP contribution in [-0.2, 0) is 9.84 Å². The highest BCUT2D eigenvalue weighted by Crippen LogP contribution is 2.27. The molecule has 0 aromatic rings. The molecular weight excluding hydrogens is 246 g/mol. The summed E-state index contributed by atoms with van der Waals surface area (Å²) in [6.07, 6.45) is 11.4. The molecule has 0 aromatic carbocycles. The molecule has 1 saturated carbocycles. The van der Waals surface area contributed by atoms with Crippen molar-refractivity contribution in [1.29, 1.82) is 0 Å². The lowest BCUT2D eigenvalue weighted by molar-refractivity contribution is 0.349. The lowest BCUT2D eigenvalue weighted by Crippen LogP contribution is -2.32. The van der Waals surface area contributed by atoms with Gasteiger partial charge in [0.25, 0.3) is 0 Å². The second kappa shape index (κ2) is 8.16. The van der Waals surface area contributed by atoms with E-state index in [4.69, 9.17) is 0 Å². The normalized spacial score (nSPS) is 20.6. The number of hydrogen-bond donors (Lipinski definition) is 1. The maximum absolute atomic E-state index is 11.3. The van der Waals surface area contributed by atoms with Crippen molar-refractivity contribution in [1.82, 2.24) is 5.32 Å². The SMILES string of the molecule is CCNC(CCS(C)(=O)=O)CC1CCCCCC1. The van der Waals surface area contributed by atoms with Gasteiger partial charge in [0.1, 0.15) is 9.84 Å². The van der Waals surface area contributed by atoms with Crippen molar-refractivity contribution in [2.75, 3.05) is 18.6 Å². The number of hydrogen-bond acceptors (Lipinski definition) is 3. The van der Waals surface area contributed by atoms with Crippen molar-refractivity contribution in [3.05, 3.63) is 0 Å². The Morgan fingerprint density at radius 2 is 1.78 bits per heavy atom. The molecule has 0 radical (unpaired) electrons. The molecule has 1 fully saturated rings. The van der Waals surface area contributed by atoms with E-state index in [1.54, 1.807) is 0 Å². The van der Waals surface area contributed by atoms with E-state index in [1.165, 1.54) is 44.8 Å². The fourth-order valence-electron chi connectivity index (χ4n) is 2.95. The third-order valence-corrected chi connectivity index (χ3v) is 4.90. The summed E-state index contributed by atoms with van der Waals surface area (Å²) in [5.41, 5.74) is 0. The first-order valence-electron chi connectivity index (χ1n) is 7.42. The average molecular weight is 275 g/mol. The summed E-state index contributed by atoms with van der Waals surface area (Å²) in [4.78, 5) is 0. The van der Waals surface area contributed by atoms with Gasteiger partial charge in [0, 0.05) is 12.3 Å². The van der Waals surface area contributed by atoms with Gasteiger partial charge in [-0.1, -0.05) is 45.4 Å². The van der Waals surface area contributed by atoms with Gasteiger partial charge in [-0.3, -0.25) is 0 Å². The van der Waals surface area contributed by atoms with Gasteiger partial charge in [0.15, 0.2) is 0 Å². The fourth-order valence-corrected chi connectivity index (χ4v) is 3.66. The lowest BCUT2D eigenvalue weighted by Gasteiger charge is -2.23. The van der Waals surface area contributed by atoms with Gasteiger partial charge >= 0.3 is 0 Å². The zero-order valence-electron chi connectivity index (χ0n) is 12.0. The van der Waals surface area contributed by atoms with Crippen molar-refractivity contribution < 1.29 is 8.42 Å². The lowest BCUT2D eigenvalue weighted by atomic mass is 9.91. The second-order valence-corrected chi connectivity index (χ2v) is 8.03. The summed E-state index contributed by atoms with van der Waals surface area (Å²) >= 11 is 0. The largest absolute Gasteiger partial charge is 0.314 e. The van der Waals surface area contributed by atoms with Crippen LogP contribution in [-0.4, -0.2) is 33.0 Å². The minimum atomic E-state index is -2.83. The summed E-state index contributed by atoms with van der Waals surface area (Å²) < 4.78 is 22.5. The molecule has 0 aromatic heterocycles. The minimum absolute atomic E-state index is 0.317. The Bertz CT molecular complexity index is 306.